The van der Waals surface area contributed by atoms with Crippen molar-refractivity contribution in [2.75, 3.05) is 0 Å². The lowest BCUT2D eigenvalue weighted by Gasteiger charge is -2.12. The van der Waals surface area contributed by atoms with Crippen LogP contribution in [0.3, 0.4) is 0 Å². The van der Waals surface area contributed by atoms with Gasteiger partial charge in [-0.05, 0) is 23.9 Å². The highest BCUT2D eigenvalue weighted by Crippen LogP contribution is 2.26. The number of hydrogen-bond donors (Lipinski definition) is 1. The molecule has 0 bridgehead atoms. The van der Waals surface area contributed by atoms with E-state index in [1.165, 1.54) is 0 Å². The molecule has 1 N–H and O–H groups in total. The molecule has 3 aromatic rings. The summed E-state index contributed by atoms with van der Waals surface area (Å²) in [5.74, 6) is 0. The lowest BCUT2D eigenvalue weighted by atomic mass is 10.0. The van der Waals surface area contributed by atoms with Gasteiger partial charge in [-0.2, -0.15) is 0 Å². The fourth-order valence-electron chi connectivity index (χ4n) is 2.16. The Balaban J connectivity index is 2.11. The number of fused-ring (bicyclic) bond motifs is 1. The quantitative estimate of drug-likeness (QED) is 0.760. The van der Waals surface area contributed by atoms with Crippen molar-refractivity contribution in [3.8, 4) is 0 Å². The first-order valence-electron chi connectivity index (χ1n) is 6.19. The van der Waals surface area contributed by atoms with Crippen LogP contribution in [-0.4, -0.2) is 15.1 Å². The number of rotatable bonds is 2. The molecule has 3 nitrogen and oxygen atoms in total. The first kappa shape index (κ1) is 11.8. The van der Waals surface area contributed by atoms with Crippen LogP contribution in [0, 0.1) is 6.92 Å². The molecule has 0 aliphatic heterocycles. The van der Waals surface area contributed by atoms with Gasteiger partial charge in [-0.25, -0.2) is 0 Å². The lowest BCUT2D eigenvalue weighted by Crippen LogP contribution is -2.03. The van der Waals surface area contributed by atoms with Crippen LogP contribution >= 0.6 is 0 Å². The smallest absolute Gasteiger partial charge is 0.123 e. The molecule has 2 heterocycles. The fraction of sp³-hybridized carbons (Fsp3) is 0.125. The second kappa shape index (κ2) is 4.78. The number of pyridine rings is 2. The average molecular weight is 250 g/mol. The average Bonchev–Trinajstić information content (AvgIpc) is 2.47. The molecule has 0 aliphatic carbocycles. The van der Waals surface area contributed by atoms with Crippen LogP contribution in [0.25, 0.3) is 10.8 Å². The monoisotopic (exact) mass is 250 g/mol. The summed E-state index contributed by atoms with van der Waals surface area (Å²) in [5.41, 5.74) is 2.50. The molecule has 3 rings (SSSR count). The van der Waals surface area contributed by atoms with Gasteiger partial charge in [-0.15, -0.1) is 0 Å². The van der Waals surface area contributed by atoms with E-state index in [4.69, 9.17) is 0 Å². The predicted molar refractivity (Wildman–Crippen MR) is 74.8 cm³/mol. The van der Waals surface area contributed by atoms with E-state index in [-0.39, 0.29) is 0 Å². The summed E-state index contributed by atoms with van der Waals surface area (Å²) in [6.07, 6.45) is 4.51. The Bertz CT molecular complexity index is 702. The van der Waals surface area contributed by atoms with Crippen molar-refractivity contribution in [2.45, 2.75) is 13.0 Å². The van der Waals surface area contributed by atoms with Crippen LogP contribution in [-0.2, 0) is 0 Å². The maximum atomic E-state index is 10.5. The minimum Gasteiger partial charge on any atom is -0.382 e. The van der Waals surface area contributed by atoms with Crippen LogP contribution in [0.1, 0.15) is 22.9 Å². The SMILES string of the molecule is Cc1ccc(C(O)c2cncc3ccccc23)nc1. The molecule has 0 amide bonds. The molecule has 19 heavy (non-hydrogen) atoms. The summed E-state index contributed by atoms with van der Waals surface area (Å²) in [6.45, 7) is 1.97. The second-order valence-corrected chi connectivity index (χ2v) is 4.61. The third kappa shape index (κ3) is 2.20. The highest BCUT2D eigenvalue weighted by molar-refractivity contribution is 5.85. The Kier molecular flexibility index (Phi) is 2.97. The topological polar surface area (TPSA) is 46.0 Å². The van der Waals surface area contributed by atoms with E-state index in [2.05, 4.69) is 9.97 Å². The van der Waals surface area contributed by atoms with Gasteiger partial charge in [0, 0.05) is 29.5 Å². The van der Waals surface area contributed by atoms with E-state index < -0.39 is 6.10 Å². The Morgan fingerprint density at radius 1 is 1.00 bits per heavy atom. The van der Waals surface area contributed by atoms with Gasteiger partial charge in [0.15, 0.2) is 0 Å². The predicted octanol–water partition coefficient (Wildman–Crippen LogP) is 3.02. The van der Waals surface area contributed by atoms with Crippen molar-refractivity contribution in [2.24, 2.45) is 0 Å². The number of aliphatic hydroxyl groups excluding tert-OH is 1. The molecule has 3 heteroatoms. The minimum absolute atomic E-state index is 0.642. The van der Waals surface area contributed by atoms with E-state index in [1.54, 1.807) is 18.6 Å². The zero-order valence-corrected chi connectivity index (χ0v) is 10.6. The molecular weight excluding hydrogens is 236 g/mol. The molecule has 2 aromatic heterocycles. The normalized spacial score (nSPS) is 12.5. The van der Waals surface area contributed by atoms with Crippen molar-refractivity contribution < 1.29 is 5.11 Å². The van der Waals surface area contributed by atoms with Gasteiger partial charge < -0.3 is 5.11 Å². The summed E-state index contributed by atoms with van der Waals surface area (Å²) in [7, 11) is 0. The van der Waals surface area contributed by atoms with Crippen molar-refractivity contribution in [1.29, 1.82) is 0 Å². The van der Waals surface area contributed by atoms with Crippen molar-refractivity contribution >= 4 is 10.8 Å². The summed E-state index contributed by atoms with van der Waals surface area (Å²) >= 11 is 0. The molecule has 94 valence electrons. The van der Waals surface area contributed by atoms with E-state index in [1.807, 2.05) is 43.3 Å². The number of hydrogen-bond acceptors (Lipinski definition) is 3. The first-order valence-corrected chi connectivity index (χ1v) is 6.19. The zero-order valence-electron chi connectivity index (χ0n) is 10.6. The molecule has 0 aliphatic rings. The van der Waals surface area contributed by atoms with E-state index >= 15 is 0 Å². The highest BCUT2D eigenvalue weighted by atomic mass is 16.3. The van der Waals surface area contributed by atoms with Crippen LogP contribution in [0.15, 0.2) is 55.0 Å². The molecule has 0 saturated carbocycles. The van der Waals surface area contributed by atoms with Crippen LogP contribution in [0.2, 0.25) is 0 Å². The van der Waals surface area contributed by atoms with Crippen molar-refractivity contribution in [3.63, 3.8) is 0 Å². The van der Waals surface area contributed by atoms with Crippen molar-refractivity contribution in [3.05, 3.63) is 71.8 Å². The maximum Gasteiger partial charge on any atom is 0.123 e. The second-order valence-electron chi connectivity index (χ2n) is 4.61. The Morgan fingerprint density at radius 3 is 2.63 bits per heavy atom. The molecule has 1 unspecified atom stereocenters. The van der Waals surface area contributed by atoms with Gasteiger partial charge in [0.25, 0.3) is 0 Å². The molecular formula is C16H14N2O. The first-order chi connectivity index (χ1) is 9.25. The van der Waals surface area contributed by atoms with E-state index in [9.17, 15) is 5.11 Å². The highest BCUT2D eigenvalue weighted by Gasteiger charge is 2.14. The van der Waals surface area contributed by atoms with Gasteiger partial charge in [-0.1, -0.05) is 30.3 Å². The number of aryl methyl sites for hydroxylation is 1. The minimum atomic E-state index is -0.751. The third-order valence-corrected chi connectivity index (χ3v) is 3.21. The maximum absolute atomic E-state index is 10.5. The molecule has 0 radical (unpaired) electrons. The summed E-state index contributed by atoms with van der Waals surface area (Å²) in [6, 6.07) is 11.7. The standard InChI is InChI=1S/C16H14N2O/c1-11-6-7-15(18-8-11)16(19)14-10-17-9-12-4-2-3-5-13(12)14/h2-10,16,19H,1H3. The van der Waals surface area contributed by atoms with E-state index in [0.717, 1.165) is 21.9 Å². The Labute approximate surface area is 111 Å². The van der Waals surface area contributed by atoms with Crippen LogP contribution < -0.4 is 0 Å². The molecule has 0 fully saturated rings. The summed E-state index contributed by atoms with van der Waals surface area (Å²) < 4.78 is 0. The van der Waals surface area contributed by atoms with Gasteiger partial charge in [0.1, 0.15) is 6.10 Å². The van der Waals surface area contributed by atoms with Crippen molar-refractivity contribution in [1.82, 2.24) is 9.97 Å². The van der Waals surface area contributed by atoms with Crippen LogP contribution in [0.4, 0.5) is 0 Å². The number of aromatic nitrogens is 2. The van der Waals surface area contributed by atoms with Gasteiger partial charge in [-0.3, -0.25) is 9.97 Å². The number of nitrogens with zero attached hydrogens (tertiary/aromatic N) is 2. The largest absolute Gasteiger partial charge is 0.382 e. The number of benzene rings is 1. The Morgan fingerprint density at radius 2 is 1.84 bits per heavy atom. The zero-order chi connectivity index (χ0) is 13.2. The Hall–Kier alpha value is -2.26. The summed E-state index contributed by atoms with van der Waals surface area (Å²) in [5, 5.41) is 12.5. The van der Waals surface area contributed by atoms with Gasteiger partial charge >= 0.3 is 0 Å². The van der Waals surface area contributed by atoms with Gasteiger partial charge in [0.05, 0.1) is 5.69 Å². The molecule has 1 atom stereocenters. The lowest BCUT2D eigenvalue weighted by molar-refractivity contribution is 0.216. The molecule has 1 aromatic carbocycles. The van der Waals surface area contributed by atoms with Gasteiger partial charge in [0.2, 0.25) is 0 Å². The van der Waals surface area contributed by atoms with E-state index in [0.29, 0.717) is 5.69 Å². The number of aliphatic hydroxyl groups is 1. The molecule has 0 spiro atoms. The van der Waals surface area contributed by atoms with Crippen LogP contribution in [0.5, 0.6) is 0 Å². The fourth-order valence-corrected chi connectivity index (χ4v) is 2.16. The molecule has 0 saturated heterocycles. The third-order valence-electron chi connectivity index (χ3n) is 3.21. The summed E-state index contributed by atoms with van der Waals surface area (Å²) in [4.78, 5) is 8.47.